The molecule has 26 heavy (non-hydrogen) atoms. The van der Waals surface area contributed by atoms with E-state index in [9.17, 15) is 9.59 Å². The summed E-state index contributed by atoms with van der Waals surface area (Å²) in [6, 6.07) is 6.00. The summed E-state index contributed by atoms with van der Waals surface area (Å²) in [5.41, 5.74) is 3.08. The number of amides is 1. The third-order valence-corrected chi connectivity index (χ3v) is 5.01. The highest BCUT2D eigenvalue weighted by atomic mass is 35.5. The van der Waals surface area contributed by atoms with Gasteiger partial charge in [0.1, 0.15) is 0 Å². The van der Waals surface area contributed by atoms with Gasteiger partial charge in [-0.25, -0.2) is 9.78 Å². The van der Waals surface area contributed by atoms with Crippen LogP contribution in [0.15, 0.2) is 24.4 Å². The Morgan fingerprint density at radius 1 is 1.15 bits per heavy atom. The van der Waals surface area contributed by atoms with Gasteiger partial charge in [0.15, 0.2) is 12.3 Å². The van der Waals surface area contributed by atoms with Crippen LogP contribution in [0.1, 0.15) is 27.2 Å². The Morgan fingerprint density at radius 3 is 2.50 bits per heavy atom. The molecule has 0 radical (unpaired) electrons. The van der Waals surface area contributed by atoms with Crippen LogP contribution < -0.4 is 0 Å². The summed E-state index contributed by atoms with van der Waals surface area (Å²) in [5.74, 6) is -1.20. The number of hydrogen-bond acceptors (Lipinski definition) is 4. The van der Waals surface area contributed by atoms with Crippen LogP contribution in [0.4, 0.5) is 0 Å². The molecule has 2 aromatic rings. The van der Waals surface area contributed by atoms with Gasteiger partial charge in [-0.3, -0.25) is 4.79 Å². The average molecular weight is 416 g/mol. The predicted molar refractivity (Wildman–Crippen MR) is 102 cm³/mol. The number of aryl methyl sites for hydroxylation is 2. The van der Waals surface area contributed by atoms with Crippen molar-refractivity contribution in [3.63, 3.8) is 0 Å². The van der Waals surface area contributed by atoms with Gasteiger partial charge in [-0.15, -0.1) is 0 Å². The second kappa shape index (κ2) is 8.71. The summed E-state index contributed by atoms with van der Waals surface area (Å²) in [5, 5.41) is 0.0197. The number of esters is 1. The minimum absolute atomic E-state index is 0.00794. The molecule has 1 heterocycles. The lowest BCUT2D eigenvalue weighted by molar-refractivity contribution is -0.133. The van der Waals surface area contributed by atoms with E-state index in [0.717, 1.165) is 16.7 Å². The van der Waals surface area contributed by atoms with Crippen LogP contribution in [0.25, 0.3) is 0 Å². The number of likely N-dealkylation sites (N-methyl/N-ethyl adjacent to an activating group) is 1. The average Bonchev–Trinajstić information content (AvgIpc) is 2.59. The molecule has 0 aliphatic rings. The number of hydrogen-bond donors (Lipinski definition) is 0. The van der Waals surface area contributed by atoms with Crippen molar-refractivity contribution in [2.24, 2.45) is 0 Å². The number of nitrogens with zero attached hydrogens (tertiary/aromatic N) is 2. The number of carbonyl (C=O) groups excluding carboxylic acids is 2. The van der Waals surface area contributed by atoms with Crippen LogP contribution in [0, 0.1) is 13.8 Å². The van der Waals surface area contributed by atoms with Gasteiger partial charge in [0.05, 0.1) is 15.1 Å². The summed E-state index contributed by atoms with van der Waals surface area (Å²) in [7, 11) is 1.64. The number of benzene rings is 1. The Kier molecular flexibility index (Phi) is 6.87. The molecule has 0 aliphatic carbocycles. The van der Waals surface area contributed by atoms with Crippen molar-refractivity contribution in [3.05, 3.63) is 61.8 Å². The Labute approximate surface area is 166 Å². The third kappa shape index (κ3) is 4.87. The second-order valence-corrected chi connectivity index (χ2v) is 7.00. The van der Waals surface area contributed by atoms with Gasteiger partial charge < -0.3 is 9.64 Å². The molecule has 1 aromatic carbocycles. The first-order chi connectivity index (χ1) is 12.2. The lowest BCUT2D eigenvalue weighted by Gasteiger charge is -2.18. The van der Waals surface area contributed by atoms with Crippen molar-refractivity contribution >= 4 is 46.7 Å². The quantitative estimate of drug-likeness (QED) is 0.676. The lowest BCUT2D eigenvalue weighted by atomic mass is 10.1. The van der Waals surface area contributed by atoms with Crippen LogP contribution in [0.3, 0.4) is 0 Å². The van der Waals surface area contributed by atoms with E-state index in [1.54, 1.807) is 7.05 Å². The second-order valence-electron chi connectivity index (χ2n) is 5.84. The largest absolute Gasteiger partial charge is 0.451 e. The standard InChI is InChI=1S/C18H17Cl3N2O3/c1-10-4-5-12(11(2)6-10)8-23(3)14(24)9-26-18(25)17-16(21)15(20)13(19)7-22-17/h4-7H,8-9H2,1-3H3. The summed E-state index contributed by atoms with van der Waals surface area (Å²) in [6.45, 7) is 3.97. The van der Waals surface area contributed by atoms with Gasteiger partial charge in [0.25, 0.3) is 5.91 Å². The Bertz CT molecular complexity index is 856. The maximum absolute atomic E-state index is 12.2. The normalized spacial score (nSPS) is 10.5. The van der Waals surface area contributed by atoms with Crippen molar-refractivity contribution in [2.75, 3.05) is 13.7 Å². The molecule has 0 unspecified atom stereocenters. The number of halogens is 3. The molecule has 138 valence electrons. The van der Waals surface area contributed by atoms with E-state index in [1.165, 1.54) is 11.1 Å². The Morgan fingerprint density at radius 2 is 1.85 bits per heavy atom. The lowest BCUT2D eigenvalue weighted by Crippen LogP contribution is -2.31. The molecule has 1 aromatic heterocycles. The van der Waals surface area contributed by atoms with Crippen molar-refractivity contribution in [1.29, 1.82) is 0 Å². The van der Waals surface area contributed by atoms with Gasteiger partial charge in [-0.05, 0) is 25.0 Å². The molecular weight excluding hydrogens is 399 g/mol. The van der Waals surface area contributed by atoms with Crippen LogP contribution in [-0.2, 0) is 16.1 Å². The van der Waals surface area contributed by atoms with Crippen molar-refractivity contribution < 1.29 is 14.3 Å². The van der Waals surface area contributed by atoms with Gasteiger partial charge in [-0.1, -0.05) is 58.6 Å². The highest BCUT2D eigenvalue weighted by Gasteiger charge is 2.20. The topological polar surface area (TPSA) is 59.5 Å². The Balaban J connectivity index is 1.97. The fourth-order valence-corrected chi connectivity index (χ4v) is 2.82. The minimum atomic E-state index is -0.846. The highest BCUT2D eigenvalue weighted by Crippen LogP contribution is 2.31. The van der Waals surface area contributed by atoms with E-state index in [1.807, 2.05) is 32.0 Å². The van der Waals surface area contributed by atoms with Crippen molar-refractivity contribution in [2.45, 2.75) is 20.4 Å². The van der Waals surface area contributed by atoms with Gasteiger partial charge >= 0.3 is 5.97 Å². The molecule has 1 amide bonds. The fourth-order valence-electron chi connectivity index (χ4n) is 2.26. The first kappa shape index (κ1) is 20.5. The first-order valence-electron chi connectivity index (χ1n) is 7.67. The molecule has 0 atom stereocenters. The monoisotopic (exact) mass is 414 g/mol. The van der Waals surface area contributed by atoms with Crippen LogP contribution >= 0.6 is 34.8 Å². The number of carbonyl (C=O) groups is 2. The molecule has 0 aliphatic heterocycles. The summed E-state index contributed by atoms with van der Waals surface area (Å²) in [4.78, 5) is 29.6. The van der Waals surface area contributed by atoms with Crippen LogP contribution in [0.2, 0.25) is 15.1 Å². The van der Waals surface area contributed by atoms with Gasteiger partial charge in [0, 0.05) is 19.8 Å². The summed E-state index contributed by atoms with van der Waals surface area (Å²) >= 11 is 17.6. The molecule has 0 saturated heterocycles. The highest BCUT2D eigenvalue weighted by molar-refractivity contribution is 6.48. The van der Waals surface area contributed by atoms with Gasteiger partial charge in [0.2, 0.25) is 0 Å². The maximum atomic E-state index is 12.2. The molecule has 5 nitrogen and oxygen atoms in total. The van der Waals surface area contributed by atoms with E-state index in [0.29, 0.717) is 6.54 Å². The molecular formula is C18H17Cl3N2O3. The molecule has 0 fully saturated rings. The zero-order chi connectivity index (χ0) is 19.4. The Hall–Kier alpha value is -1.82. The van der Waals surface area contributed by atoms with E-state index < -0.39 is 12.6 Å². The number of aromatic nitrogens is 1. The SMILES string of the molecule is Cc1ccc(CN(C)C(=O)COC(=O)c2ncc(Cl)c(Cl)c2Cl)c(C)c1. The molecule has 0 saturated carbocycles. The number of rotatable bonds is 5. The molecule has 0 bridgehead atoms. The summed E-state index contributed by atoms with van der Waals surface area (Å²) < 4.78 is 4.99. The fraction of sp³-hybridized carbons (Fsp3) is 0.278. The molecule has 0 spiro atoms. The zero-order valence-electron chi connectivity index (χ0n) is 14.5. The molecule has 2 rings (SSSR count). The van der Waals surface area contributed by atoms with Crippen molar-refractivity contribution in [1.82, 2.24) is 9.88 Å². The van der Waals surface area contributed by atoms with Crippen molar-refractivity contribution in [3.8, 4) is 0 Å². The smallest absolute Gasteiger partial charge is 0.359 e. The zero-order valence-corrected chi connectivity index (χ0v) is 16.7. The van der Waals surface area contributed by atoms with Crippen LogP contribution in [0.5, 0.6) is 0 Å². The van der Waals surface area contributed by atoms with Gasteiger partial charge in [-0.2, -0.15) is 0 Å². The maximum Gasteiger partial charge on any atom is 0.359 e. The first-order valence-corrected chi connectivity index (χ1v) is 8.80. The summed E-state index contributed by atoms with van der Waals surface area (Å²) in [6.07, 6.45) is 1.19. The third-order valence-electron chi connectivity index (χ3n) is 3.77. The predicted octanol–water partition coefficient (Wildman–Crippen LogP) is 4.47. The van der Waals surface area contributed by atoms with E-state index in [-0.39, 0.29) is 26.7 Å². The number of pyridine rings is 1. The molecule has 8 heteroatoms. The van der Waals surface area contributed by atoms with E-state index in [4.69, 9.17) is 39.5 Å². The molecule has 0 N–H and O–H groups in total. The van der Waals surface area contributed by atoms with E-state index >= 15 is 0 Å². The van der Waals surface area contributed by atoms with E-state index in [2.05, 4.69) is 4.98 Å². The van der Waals surface area contributed by atoms with Crippen LogP contribution in [-0.4, -0.2) is 35.4 Å². The minimum Gasteiger partial charge on any atom is -0.451 e. The number of ether oxygens (including phenoxy) is 1.